The van der Waals surface area contributed by atoms with Gasteiger partial charge in [0.2, 0.25) is 0 Å². The summed E-state index contributed by atoms with van der Waals surface area (Å²) in [4.78, 5) is 39.7. The minimum absolute atomic E-state index is 0.164. The van der Waals surface area contributed by atoms with Crippen LogP contribution >= 0.6 is 15.9 Å². The highest BCUT2D eigenvalue weighted by Gasteiger charge is 2.37. The first-order valence-electron chi connectivity index (χ1n) is 11.8. The molecule has 4 rings (SSSR count). The van der Waals surface area contributed by atoms with Gasteiger partial charge in [-0.05, 0) is 90.2 Å². The molecule has 0 aliphatic carbocycles. The zero-order chi connectivity index (χ0) is 26.7. The second-order valence-corrected chi connectivity index (χ2v) is 9.57. The minimum Gasteiger partial charge on any atom is -0.490 e. The molecule has 8 heteroatoms. The highest BCUT2D eigenvalue weighted by atomic mass is 79.9. The van der Waals surface area contributed by atoms with Crippen molar-refractivity contribution in [2.45, 2.75) is 34.3 Å². The van der Waals surface area contributed by atoms with Gasteiger partial charge in [0.15, 0.2) is 11.5 Å². The van der Waals surface area contributed by atoms with Crippen LogP contribution in [0.3, 0.4) is 0 Å². The largest absolute Gasteiger partial charge is 0.490 e. The average molecular weight is 563 g/mol. The van der Waals surface area contributed by atoms with Gasteiger partial charge in [-0.2, -0.15) is 0 Å². The Morgan fingerprint density at radius 2 is 1.70 bits per heavy atom. The first kappa shape index (κ1) is 26.2. The number of anilines is 1. The van der Waals surface area contributed by atoms with Gasteiger partial charge in [0.05, 0.1) is 16.8 Å². The Morgan fingerprint density at radius 3 is 2.41 bits per heavy atom. The SMILES string of the molecule is CCOc1cc(/C=C2\C(=O)NC(=O)N(c3cccc(C)c3C)C2=O)cc(Br)c1OCc1ccc(C)cc1. The van der Waals surface area contributed by atoms with Crippen LogP contribution in [0, 0.1) is 20.8 Å². The van der Waals surface area contributed by atoms with E-state index in [0.717, 1.165) is 27.2 Å². The van der Waals surface area contributed by atoms with E-state index in [1.807, 2.05) is 58.0 Å². The monoisotopic (exact) mass is 562 g/mol. The molecule has 3 aromatic rings. The van der Waals surface area contributed by atoms with E-state index < -0.39 is 17.8 Å². The molecule has 190 valence electrons. The Kier molecular flexibility index (Phi) is 7.78. The Balaban J connectivity index is 1.67. The van der Waals surface area contributed by atoms with Crippen molar-refractivity contribution in [2.75, 3.05) is 11.5 Å². The summed E-state index contributed by atoms with van der Waals surface area (Å²) in [5, 5.41) is 2.27. The molecule has 0 radical (unpaired) electrons. The molecular weight excluding hydrogens is 536 g/mol. The van der Waals surface area contributed by atoms with Gasteiger partial charge in [0, 0.05) is 0 Å². The number of carbonyl (C=O) groups excluding carboxylic acids is 3. The maximum Gasteiger partial charge on any atom is 0.335 e. The van der Waals surface area contributed by atoms with Gasteiger partial charge in [0.1, 0.15) is 12.2 Å². The second-order valence-electron chi connectivity index (χ2n) is 8.71. The lowest BCUT2D eigenvalue weighted by Gasteiger charge is -2.28. The number of rotatable bonds is 7. The first-order valence-corrected chi connectivity index (χ1v) is 12.6. The van der Waals surface area contributed by atoms with Gasteiger partial charge < -0.3 is 9.47 Å². The van der Waals surface area contributed by atoms with E-state index in [4.69, 9.17) is 9.47 Å². The van der Waals surface area contributed by atoms with Crippen molar-refractivity contribution in [3.8, 4) is 11.5 Å². The number of ether oxygens (including phenoxy) is 2. The molecule has 0 aromatic heterocycles. The van der Waals surface area contributed by atoms with Crippen molar-refractivity contribution in [1.29, 1.82) is 0 Å². The zero-order valence-electron chi connectivity index (χ0n) is 21.1. The normalized spacial score (nSPS) is 14.7. The minimum atomic E-state index is -0.781. The fourth-order valence-corrected chi connectivity index (χ4v) is 4.51. The second kappa shape index (κ2) is 11.0. The van der Waals surface area contributed by atoms with Crippen LogP contribution in [0.5, 0.6) is 11.5 Å². The molecule has 4 amide bonds. The van der Waals surface area contributed by atoms with Gasteiger partial charge in [-0.25, -0.2) is 9.69 Å². The van der Waals surface area contributed by atoms with E-state index in [1.54, 1.807) is 24.3 Å². The summed E-state index contributed by atoms with van der Waals surface area (Å²) in [5.74, 6) is -0.486. The number of aryl methyl sites for hydroxylation is 2. The van der Waals surface area contributed by atoms with Crippen LogP contribution in [0.25, 0.3) is 6.08 Å². The molecule has 37 heavy (non-hydrogen) atoms. The first-order chi connectivity index (χ1) is 17.7. The number of barbiturate groups is 1. The summed E-state index contributed by atoms with van der Waals surface area (Å²) in [5.41, 5.74) is 4.67. The van der Waals surface area contributed by atoms with Crippen LogP contribution < -0.4 is 19.7 Å². The quantitative estimate of drug-likeness (QED) is 0.281. The van der Waals surface area contributed by atoms with Crippen molar-refractivity contribution in [2.24, 2.45) is 0 Å². The molecule has 1 aliphatic heterocycles. The van der Waals surface area contributed by atoms with Crippen LogP contribution in [-0.4, -0.2) is 24.5 Å². The van der Waals surface area contributed by atoms with Crippen molar-refractivity contribution in [3.05, 3.63) is 92.5 Å². The standard InChI is InChI=1S/C29H27BrN2O5/c1-5-36-25-15-21(14-23(30)26(25)37-16-20-11-9-17(2)10-12-20)13-22-27(33)31-29(35)32(28(22)34)24-8-6-7-18(3)19(24)4/h6-15H,5,16H2,1-4H3,(H,31,33,35)/b22-13+. The zero-order valence-corrected chi connectivity index (χ0v) is 22.6. The van der Waals surface area contributed by atoms with Crippen LogP contribution in [-0.2, 0) is 16.2 Å². The molecule has 0 saturated carbocycles. The molecule has 1 heterocycles. The topological polar surface area (TPSA) is 84.9 Å². The summed E-state index contributed by atoms with van der Waals surface area (Å²) in [6, 6.07) is 16.0. The Labute approximate surface area is 224 Å². The molecule has 1 N–H and O–H groups in total. The van der Waals surface area contributed by atoms with Crippen LogP contribution in [0.15, 0.2) is 64.6 Å². The Bertz CT molecular complexity index is 1410. The number of imide groups is 2. The van der Waals surface area contributed by atoms with Gasteiger partial charge in [-0.1, -0.05) is 42.0 Å². The molecule has 3 aromatic carbocycles. The molecular formula is C29H27BrN2O5. The van der Waals surface area contributed by atoms with Crippen LogP contribution in [0.1, 0.15) is 34.7 Å². The molecule has 0 spiro atoms. The third kappa shape index (κ3) is 5.59. The maximum atomic E-state index is 13.4. The predicted molar refractivity (Wildman–Crippen MR) is 146 cm³/mol. The number of hydrogen-bond acceptors (Lipinski definition) is 5. The number of halogens is 1. The van der Waals surface area contributed by atoms with E-state index in [-0.39, 0.29) is 5.57 Å². The molecule has 0 atom stereocenters. The summed E-state index contributed by atoms with van der Waals surface area (Å²) < 4.78 is 12.5. The lowest BCUT2D eigenvalue weighted by molar-refractivity contribution is -0.122. The van der Waals surface area contributed by atoms with E-state index >= 15 is 0 Å². The summed E-state index contributed by atoms with van der Waals surface area (Å²) >= 11 is 3.54. The highest BCUT2D eigenvalue weighted by molar-refractivity contribution is 9.10. The van der Waals surface area contributed by atoms with Crippen molar-refractivity contribution in [1.82, 2.24) is 5.32 Å². The van der Waals surface area contributed by atoms with Crippen LogP contribution in [0.4, 0.5) is 10.5 Å². The number of nitrogens with one attached hydrogen (secondary N) is 1. The van der Waals surface area contributed by atoms with Gasteiger partial charge in [0.25, 0.3) is 11.8 Å². The van der Waals surface area contributed by atoms with Gasteiger partial charge in [-0.15, -0.1) is 0 Å². The average Bonchev–Trinajstić information content (AvgIpc) is 2.85. The third-order valence-electron chi connectivity index (χ3n) is 6.07. The van der Waals surface area contributed by atoms with Crippen LogP contribution in [0.2, 0.25) is 0 Å². The summed E-state index contributed by atoms with van der Waals surface area (Å²) in [7, 11) is 0. The Hall–Kier alpha value is -3.91. The lowest BCUT2D eigenvalue weighted by Crippen LogP contribution is -2.54. The number of benzene rings is 3. The fraction of sp³-hybridized carbons (Fsp3) is 0.207. The van der Waals surface area contributed by atoms with E-state index in [1.165, 1.54) is 6.08 Å². The van der Waals surface area contributed by atoms with E-state index in [9.17, 15) is 14.4 Å². The fourth-order valence-electron chi connectivity index (χ4n) is 3.93. The highest BCUT2D eigenvalue weighted by Crippen LogP contribution is 2.38. The smallest absolute Gasteiger partial charge is 0.335 e. The molecule has 7 nitrogen and oxygen atoms in total. The molecule has 0 bridgehead atoms. The number of urea groups is 1. The van der Waals surface area contributed by atoms with Gasteiger partial charge in [-0.3, -0.25) is 14.9 Å². The van der Waals surface area contributed by atoms with E-state index in [2.05, 4.69) is 21.2 Å². The predicted octanol–water partition coefficient (Wildman–Crippen LogP) is 6.02. The summed E-state index contributed by atoms with van der Waals surface area (Å²) in [6.07, 6.45) is 1.44. The van der Waals surface area contributed by atoms with Gasteiger partial charge >= 0.3 is 6.03 Å². The molecule has 1 fully saturated rings. The van der Waals surface area contributed by atoms with E-state index in [0.29, 0.717) is 40.4 Å². The summed E-state index contributed by atoms with van der Waals surface area (Å²) in [6.45, 7) is 8.33. The number of carbonyl (C=O) groups is 3. The third-order valence-corrected chi connectivity index (χ3v) is 6.65. The van der Waals surface area contributed by atoms with Crippen molar-refractivity contribution in [3.63, 3.8) is 0 Å². The number of hydrogen-bond donors (Lipinski definition) is 1. The number of nitrogens with zero attached hydrogens (tertiary/aromatic N) is 1. The van der Waals surface area contributed by atoms with Crippen molar-refractivity contribution < 1.29 is 23.9 Å². The lowest BCUT2D eigenvalue weighted by atomic mass is 10.0. The number of amides is 4. The Morgan fingerprint density at radius 1 is 0.973 bits per heavy atom. The maximum absolute atomic E-state index is 13.4. The van der Waals surface area contributed by atoms with Crippen molar-refractivity contribution >= 4 is 45.5 Å². The molecule has 1 aliphatic rings. The molecule has 1 saturated heterocycles. The molecule has 0 unspecified atom stereocenters.